The number of nitro groups is 1. The molecule has 6 nitrogen and oxygen atoms in total. The van der Waals surface area contributed by atoms with E-state index in [9.17, 15) is 10.1 Å². The zero-order valence-corrected chi connectivity index (χ0v) is 12.1. The molecular weight excluding hydrogens is 294 g/mol. The summed E-state index contributed by atoms with van der Waals surface area (Å²) in [6, 6.07) is 10.2. The number of hydrogen-bond donors (Lipinski definition) is 1. The van der Waals surface area contributed by atoms with Crippen LogP contribution in [0.3, 0.4) is 0 Å². The maximum atomic E-state index is 10.9. The molecule has 0 radical (unpaired) electrons. The quantitative estimate of drug-likeness (QED) is 0.500. The topological polar surface area (TPSA) is 77.3 Å². The van der Waals surface area contributed by atoms with Gasteiger partial charge in [-0.25, -0.2) is 4.98 Å². The predicted octanol–water partition coefficient (Wildman–Crippen LogP) is 3.65. The standard InChI is InChI=1S/C14H14ClN3O3/c1-2-21-11-5-3-4-10(8-11)9-16-14-12(18(19)20)6-7-13(15)17-14/h3-8H,2,9H2,1H3,(H,16,17). The van der Waals surface area contributed by atoms with E-state index in [1.54, 1.807) is 0 Å². The van der Waals surface area contributed by atoms with Gasteiger partial charge in [-0.2, -0.15) is 0 Å². The molecule has 0 atom stereocenters. The molecule has 0 bridgehead atoms. The van der Waals surface area contributed by atoms with Crippen LogP contribution in [0.2, 0.25) is 5.15 Å². The van der Waals surface area contributed by atoms with E-state index in [0.717, 1.165) is 11.3 Å². The van der Waals surface area contributed by atoms with E-state index >= 15 is 0 Å². The second-order valence-corrected chi connectivity index (χ2v) is 4.58. The van der Waals surface area contributed by atoms with Crippen molar-refractivity contribution in [2.75, 3.05) is 11.9 Å². The number of hydrogen-bond acceptors (Lipinski definition) is 5. The molecule has 0 aliphatic rings. The first-order valence-corrected chi connectivity index (χ1v) is 6.74. The predicted molar refractivity (Wildman–Crippen MR) is 80.8 cm³/mol. The Kier molecular flexibility index (Phi) is 4.94. The molecule has 1 heterocycles. The van der Waals surface area contributed by atoms with Crippen LogP contribution in [0.25, 0.3) is 0 Å². The third kappa shape index (κ3) is 4.06. The first-order valence-electron chi connectivity index (χ1n) is 6.36. The molecule has 0 aliphatic carbocycles. The van der Waals surface area contributed by atoms with E-state index in [1.807, 2.05) is 31.2 Å². The summed E-state index contributed by atoms with van der Waals surface area (Å²) < 4.78 is 5.41. The van der Waals surface area contributed by atoms with Gasteiger partial charge in [-0.05, 0) is 30.7 Å². The molecule has 0 spiro atoms. The fraction of sp³-hybridized carbons (Fsp3) is 0.214. The maximum absolute atomic E-state index is 10.9. The lowest BCUT2D eigenvalue weighted by molar-refractivity contribution is -0.384. The Morgan fingerprint density at radius 1 is 1.38 bits per heavy atom. The highest BCUT2D eigenvalue weighted by molar-refractivity contribution is 6.29. The summed E-state index contributed by atoms with van der Waals surface area (Å²) in [4.78, 5) is 14.4. The van der Waals surface area contributed by atoms with Crippen molar-refractivity contribution >= 4 is 23.1 Å². The van der Waals surface area contributed by atoms with Gasteiger partial charge in [0, 0.05) is 12.6 Å². The zero-order chi connectivity index (χ0) is 15.2. The highest BCUT2D eigenvalue weighted by Crippen LogP contribution is 2.24. The third-order valence-corrected chi connectivity index (χ3v) is 2.92. The summed E-state index contributed by atoms with van der Waals surface area (Å²) in [6.45, 7) is 2.87. The molecule has 21 heavy (non-hydrogen) atoms. The fourth-order valence-electron chi connectivity index (χ4n) is 1.80. The van der Waals surface area contributed by atoms with Crippen molar-refractivity contribution in [2.45, 2.75) is 13.5 Å². The van der Waals surface area contributed by atoms with E-state index in [-0.39, 0.29) is 16.7 Å². The molecule has 2 aromatic rings. The van der Waals surface area contributed by atoms with Crippen LogP contribution in [0.4, 0.5) is 11.5 Å². The SMILES string of the molecule is CCOc1cccc(CNc2nc(Cl)ccc2[N+](=O)[O-])c1. The molecule has 0 aliphatic heterocycles. The Labute approximate surface area is 126 Å². The molecule has 0 saturated carbocycles. The molecule has 0 unspecified atom stereocenters. The van der Waals surface area contributed by atoms with Crippen molar-refractivity contribution in [3.8, 4) is 5.75 Å². The Hall–Kier alpha value is -2.34. The minimum Gasteiger partial charge on any atom is -0.494 e. The van der Waals surface area contributed by atoms with Crippen molar-refractivity contribution in [2.24, 2.45) is 0 Å². The minimum absolute atomic E-state index is 0.111. The average Bonchev–Trinajstić information content (AvgIpc) is 2.45. The fourth-order valence-corrected chi connectivity index (χ4v) is 1.95. The lowest BCUT2D eigenvalue weighted by Gasteiger charge is -2.08. The number of ether oxygens (including phenoxy) is 1. The van der Waals surface area contributed by atoms with Crippen molar-refractivity contribution in [1.29, 1.82) is 0 Å². The van der Waals surface area contributed by atoms with E-state index in [0.29, 0.717) is 13.2 Å². The Bertz CT molecular complexity index is 649. The Morgan fingerprint density at radius 2 is 2.19 bits per heavy atom. The van der Waals surface area contributed by atoms with Crippen molar-refractivity contribution in [3.05, 3.63) is 57.2 Å². The summed E-state index contributed by atoms with van der Waals surface area (Å²) in [5.74, 6) is 0.902. The van der Waals surface area contributed by atoms with Gasteiger partial charge in [0.25, 0.3) is 0 Å². The number of benzene rings is 1. The smallest absolute Gasteiger partial charge is 0.311 e. The monoisotopic (exact) mass is 307 g/mol. The van der Waals surface area contributed by atoms with Gasteiger partial charge >= 0.3 is 5.69 Å². The van der Waals surface area contributed by atoms with Crippen LogP contribution < -0.4 is 10.1 Å². The van der Waals surface area contributed by atoms with Crippen LogP contribution in [0.15, 0.2) is 36.4 Å². The number of nitrogens with zero attached hydrogens (tertiary/aromatic N) is 2. The lowest BCUT2D eigenvalue weighted by Crippen LogP contribution is -2.05. The third-order valence-electron chi connectivity index (χ3n) is 2.71. The number of rotatable bonds is 6. The summed E-state index contributed by atoms with van der Waals surface area (Å²) in [5.41, 5.74) is 0.817. The molecule has 1 N–H and O–H groups in total. The number of halogens is 1. The van der Waals surface area contributed by atoms with Crippen molar-refractivity contribution < 1.29 is 9.66 Å². The highest BCUT2D eigenvalue weighted by Gasteiger charge is 2.15. The van der Waals surface area contributed by atoms with Gasteiger partial charge < -0.3 is 10.1 Å². The molecule has 2 rings (SSSR count). The molecule has 1 aromatic heterocycles. The molecule has 0 amide bonds. The van der Waals surface area contributed by atoms with Gasteiger partial charge in [0.2, 0.25) is 5.82 Å². The summed E-state index contributed by atoms with van der Waals surface area (Å²) >= 11 is 5.78. The first-order chi connectivity index (χ1) is 10.1. The first kappa shape index (κ1) is 15.1. The van der Waals surface area contributed by atoms with Crippen LogP contribution in [-0.2, 0) is 6.54 Å². The number of nitrogens with one attached hydrogen (secondary N) is 1. The van der Waals surface area contributed by atoms with Crippen LogP contribution in [-0.4, -0.2) is 16.5 Å². The second kappa shape index (κ2) is 6.90. The highest BCUT2D eigenvalue weighted by atomic mass is 35.5. The normalized spacial score (nSPS) is 10.2. The van der Waals surface area contributed by atoms with Crippen molar-refractivity contribution in [3.63, 3.8) is 0 Å². The average molecular weight is 308 g/mol. The van der Waals surface area contributed by atoms with Gasteiger partial charge in [0.1, 0.15) is 10.9 Å². The summed E-state index contributed by atoms with van der Waals surface area (Å²) in [6.07, 6.45) is 0. The van der Waals surface area contributed by atoms with Gasteiger partial charge in [0.15, 0.2) is 0 Å². The molecule has 0 fully saturated rings. The van der Waals surface area contributed by atoms with E-state index < -0.39 is 4.92 Å². The molecule has 1 aromatic carbocycles. The van der Waals surface area contributed by atoms with Crippen LogP contribution >= 0.6 is 11.6 Å². The Morgan fingerprint density at radius 3 is 2.90 bits per heavy atom. The summed E-state index contributed by atoms with van der Waals surface area (Å²) in [5, 5.41) is 14.1. The van der Waals surface area contributed by atoms with E-state index in [4.69, 9.17) is 16.3 Å². The number of anilines is 1. The number of aromatic nitrogens is 1. The van der Waals surface area contributed by atoms with Gasteiger partial charge in [-0.15, -0.1) is 0 Å². The second-order valence-electron chi connectivity index (χ2n) is 4.19. The van der Waals surface area contributed by atoms with Gasteiger partial charge in [-0.3, -0.25) is 10.1 Å². The molecular formula is C14H14ClN3O3. The maximum Gasteiger partial charge on any atom is 0.311 e. The molecule has 110 valence electrons. The number of pyridine rings is 1. The molecule has 0 saturated heterocycles. The van der Waals surface area contributed by atoms with Crippen LogP contribution in [0.1, 0.15) is 12.5 Å². The molecule has 7 heteroatoms. The zero-order valence-electron chi connectivity index (χ0n) is 11.4. The Balaban J connectivity index is 2.14. The van der Waals surface area contributed by atoms with Crippen LogP contribution in [0, 0.1) is 10.1 Å². The van der Waals surface area contributed by atoms with Gasteiger partial charge in [-0.1, -0.05) is 23.7 Å². The largest absolute Gasteiger partial charge is 0.494 e. The van der Waals surface area contributed by atoms with E-state index in [1.165, 1.54) is 12.1 Å². The minimum atomic E-state index is -0.498. The van der Waals surface area contributed by atoms with E-state index in [2.05, 4.69) is 10.3 Å². The van der Waals surface area contributed by atoms with Crippen molar-refractivity contribution in [1.82, 2.24) is 4.98 Å². The lowest BCUT2D eigenvalue weighted by atomic mass is 10.2. The summed E-state index contributed by atoms with van der Waals surface area (Å²) in [7, 11) is 0. The van der Waals surface area contributed by atoms with Gasteiger partial charge in [0.05, 0.1) is 11.5 Å². The van der Waals surface area contributed by atoms with Crippen LogP contribution in [0.5, 0.6) is 5.75 Å².